The van der Waals surface area contributed by atoms with Gasteiger partial charge in [-0.2, -0.15) is 0 Å². The van der Waals surface area contributed by atoms with Crippen LogP contribution in [0.3, 0.4) is 0 Å². The fraction of sp³-hybridized carbons (Fsp3) is 0.429. The third-order valence-electron chi connectivity index (χ3n) is 7.01. The second-order valence-electron chi connectivity index (χ2n) is 9.58. The van der Waals surface area contributed by atoms with Crippen LogP contribution in [0.2, 0.25) is 0 Å². The van der Waals surface area contributed by atoms with E-state index in [1.807, 2.05) is 0 Å². The number of aromatic nitrogens is 1. The average Bonchev–Trinajstić information content (AvgIpc) is 2.87. The molecule has 0 aliphatic rings. The SMILES string of the molecule is COCCCCc1ccc(-c2ccc3c(=O)n(CC[C@](C)(C(=O)COC)S(C)(=O)=O)ccc3c2)c(F)c1F. The molecule has 3 aromatic rings. The Morgan fingerprint density at radius 3 is 2.42 bits per heavy atom. The Morgan fingerprint density at radius 2 is 1.76 bits per heavy atom. The molecule has 0 unspecified atom stereocenters. The molecule has 0 aliphatic heterocycles. The molecule has 1 atom stereocenters. The molecule has 0 bridgehead atoms. The lowest BCUT2D eigenvalue weighted by Crippen LogP contribution is -2.46. The van der Waals surface area contributed by atoms with E-state index in [9.17, 15) is 26.8 Å². The van der Waals surface area contributed by atoms with Crippen molar-refractivity contribution in [2.45, 2.75) is 43.9 Å². The molecule has 206 valence electrons. The van der Waals surface area contributed by atoms with E-state index in [1.54, 1.807) is 31.4 Å². The van der Waals surface area contributed by atoms with Crippen molar-refractivity contribution in [1.82, 2.24) is 4.57 Å². The number of hydrogen-bond donors (Lipinski definition) is 0. The van der Waals surface area contributed by atoms with Gasteiger partial charge in [0, 0.05) is 50.8 Å². The van der Waals surface area contributed by atoms with Crippen LogP contribution in [0.15, 0.2) is 47.4 Å². The second kappa shape index (κ2) is 12.3. The number of aryl methyl sites for hydroxylation is 2. The van der Waals surface area contributed by atoms with Crippen LogP contribution < -0.4 is 5.56 Å². The number of nitrogens with zero attached hydrogens (tertiary/aromatic N) is 1. The molecule has 38 heavy (non-hydrogen) atoms. The summed E-state index contributed by atoms with van der Waals surface area (Å²) in [6.45, 7) is 1.52. The predicted octanol–water partition coefficient (Wildman–Crippen LogP) is 4.32. The van der Waals surface area contributed by atoms with Crippen LogP contribution in [0, 0.1) is 11.6 Å². The van der Waals surface area contributed by atoms with Crippen LogP contribution in [0.1, 0.15) is 31.7 Å². The van der Waals surface area contributed by atoms with Gasteiger partial charge in [0.1, 0.15) is 11.4 Å². The summed E-state index contributed by atoms with van der Waals surface area (Å²) in [4.78, 5) is 25.6. The molecule has 7 nitrogen and oxygen atoms in total. The third-order valence-corrected chi connectivity index (χ3v) is 9.08. The van der Waals surface area contributed by atoms with Crippen LogP contribution in [-0.2, 0) is 37.1 Å². The molecular formula is C28H33F2NO6S. The zero-order valence-corrected chi connectivity index (χ0v) is 22.9. The van der Waals surface area contributed by atoms with E-state index >= 15 is 0 Å². The Bertz CT molecular complexity index is 1480. The number of carbonyl (C=O) groups is 1. The minimum absolute atomic E-state index is 0.0127. The molecule has 0 fully saturated rings. The molecule has 3 rings (SSSR count). The van der Waals surface area contributed by atoms with Gasteiger partial charge in [0.25, 0.3) is 5.56 Å². The average molecular weight is 550 g/mol. The van der Waals surface area contributed by atoms with Gasteiger partial charge in [-0.3, -0.25) is 9.59 Å². The molecule has 0 spiro atoms. The van der Waals surface area contributed by atoms with Crippen molar-refractivity contribution < 1.29 is 31.5 Å². The van der Waals surface area contributed by atoms with Gasteiger partial charge in [-0.15, -0.1) is 0 Å². The van der Waals surface area contributed by atoms with Crippen LogP contribution in [-0.4, -0.2) is 57.2 Å². The number of pyridine rings is 1. The van der Waals surface area contributed by atoms with Gasteiger partial charge in [0.15, 0.2) is 27.3 Å². The van der Waals surface area contributed by atoms with Gasteiger partial charge >= 0.3 is 0 Å². The first-order valence-corrected chi connectivity index (χ1v) is 14.1. The van der Waals surface area contributed by atoms with E-state index in [0.717, 1.165) is 12.7 Å². The standard InChI is InChI=1S/C28H33F2NO6S/c1-28(38(4,34)35,24(32)18-37-3)13-15-31-14-12-21-17-20(9-11-23(21)27(31)33)22-10-8-19(25(29)26(22)30)7-5-6-16-36-2/h8-12,14,17H,5-7,13,15-16,18H2,1-4H3/t28-/m1/s1. The Labute approximate surface area is 221 Å². The highest BCUT2D eigenvalue weighted by Crippen LogP contribution is 2.29. The smallest absolute Gasteiger partial charge is 0.258 e. The molecular weight excluding hydrogens is 516 g/mol. The van der Waals surface area contributed by atoms with Crippen LogP contribution >= 0.6 is 0 Å². The maximum Gasteiger partial charge on any atom is 0.258 e. The highest BCUT2D eigenvalue weighted by atomic mass is 32.2. The number of halogens is 2. The summed E-state index contributed by atoms with van der Waals surface area (Å²) >= 11 is 0. The van der Waals surface area contributed by atoms with E-state index in [1.165, 1.54) is 36.9 Å². The number of ketones is 1. The van der Waals surface area contributed by atoms with Crippen molar-refractivity contribution in [2.24, 2.45) is 0 Å². The molecule has 0 amide bonds. The predicted molar refractivity (Wildman–Crippen MR) is 143 cm³/mol. The first-order chi connectivity index (χ1) is 17.9. The molecule has 1 aromatic heterocycles. The van der Waals surface area contributed by atoms with E-state index in [0.29, 0.717) is 41.3 Å². The number of methoxy groups -OCH3 is 2. The minimum Gasteiger partial charge on any atom is -0.385 e. The number of fused-ring (bicyclic) bond motifs is 1. The normalized spacial score (nSPS) is 13.5. The fourth-order valence-corrected chi connectivity index (χ4v) is 5.28. The largest absolute Gasteiger partial charge is 0.385 e. The maximum absolute atomic E-state index is 14.9. The number of sulfone groups is 1. The van der Waals surface area contributed by atoms with Crippen molar-refractivity contribution >= 4 is 26.4 Å². The molecule has 2 aromatic carbocycles. The molecule has 0 saturated carbocycles. The van der Waals surface area contributed by atoms with E-state index < -0.39 is 32.0 Å². The lowest BCUT2D eigenvalue weighted by atomic mass is 9.98. The summed E-state index contributed by atoms with van der Waals surface area (Å²) in [6, 6.07) is 9.45. The number of rotatable bonds is 13. The Kier molecular flexibility index (Phi) is 9.56. The van der Waals surface area contributed by atoms with Crippen molar-refractivity contribution in [2.75, 3.05) is 33.7 Å². The number of carbonyl (C=O) groups excluding carboxylic acids is 1. The van der Waals surface area contributed by atoms with Gasteiger partial charge in [-0.25, -0.2) is 17.2 Å². The van der Waals surface area contributed by atoms with Gasteiger partial charge < -0.3 is 14.0 Å². The first-order valence-electron chi connectivity index (χ1n) is 12.3. The quantitative estimate of drug-likeness (QED) is 0.295. The first kappa shape index (κ1) is 29.6. The molecule has 0 saturated heterocycles. The Balaban J connectivity index is 1.88. The van der Waals surface area contributed by atoms with Crippen molar-refractivity contribution in [3.8, 4) is 11.1 Å². The number of Topliss-reactive ketones (excluding diaryl/α,β-unsaturated/α-hetero) is 1. The van der Waals surface area contributed by atoms with Crippen molar-refractivity contribution in [3.05, 3.63) is 70.1 Å². The number of benzene rings is 2. The lowest BCUT2D eigenvalue weighted by Gasteiger charge is -2.26. The van der Waals surface area contributed by atoms with Gasteiger partial charge in [0.2, 0.25) is 0 Å². The van der Waals surface area contributed by atoms with Crippen molar-refractivity contribution in [3.63, 3.8) is 0 Å². The van der Waals surface area contributed by atoms with Gasteiger partial charge in [-0.05, 0) is 67.3 Å². The second-order valence-corrected chi connectivity index (χ2v) is 12.0. The summed E-state index contributed by atoms with van der Waals surface area (Å²) in [5.74, 6) is -2.41. The zero-order chi connectivity index (χ0) is 28.1. The van der Waals surface area contributed by atoms with E-state index in [-0.39, 0.29) is 30.7 Å². The minimum atomic E-state index is -3.78. The van der Waals surface area contributed by atoms with E-state index in [4.69, 9.17) is 9.47 Å². The monoisotopic (exact) mass is 549 g/mol. The molecule has 0 aliphatic carbocycles. The summed E-state index contributed by atoms with van der Waals surface area (Å²) in [6.07, 6.45) is 4.20. The topological polar surface area (TPSA) is 91.7 Å². The Morgan fingerprint density at radius 1 is 1.03 bits per heavy atom. The van der Waals surface area contributed by atoms with Crippen molar-refractivity contribution in [1.29, 1.82) is 0 Å². The Hall–Kier alpha value is -2.95. The summed E-state index contributed by atoms with van der Waals surface area (Å²) in [5.41, 5.74) is 0.430. The third kappa shape index (κ3) is 6.19. The molecule has 10 heteroatoms. The number of unbranched alkanes of at least 4 members (excludes halogenated alkanes) is 1. The van der Waals surface area contributed by atoms with Crippen LogP contribution in [0.5, 0.6) is 0 Å². The van der Waals surface area contributed by atoms with E-state index in [2.05, 4.69) is 0 Å². The number of ether oxygens (including phenoxy) is 2. The molecule has 0 radical (unpaired) electrons. The molecule has 1 heterocycles. The van der Waals surface area contributed by atoms with Gasteiger partial charge in [-0.1, -0.05) is 18.2 Å². The highest BCUT2D eigenvalue weighted by Gasteiger charge is 2.42. The summed E-state index contributed by atoms with van der Waals surface area (Å²) in [5, 5.41) is 0.852. The lowest BCUT2D eigenvalue weighted by molar-refractivity contribution is -0.125. The zero-order valence-electron chi connectivity index (χ0n) is 22.1. The van der Waals surface area contributed by atoms with Crippen LogP contribution in [0.4, 0.5) is 8.78 Å². The molecule has 0 N–H and O–H groups in total. The van der Waals surface area contributed by atoms with Gasteiger partial charge in [0.05, 0.1) is 0 Å². The highest BCUT2D eigenvalue weighted by molar-refractivity contribution is 7.92. The number of hydrogen-bond acceptors (Lipinski definition) is 6. The summed E-state index contributed by atoms with van der Waals surface area (Å²) < 4.78 is 63.9. The fourth-order valence-electron chi connectivity index (χ4n) is 4.35. The van der Waals surface area contributed by atoms with Crippen LogP contribution in [0.25, 0.3) is 21.9 Å². The summed E-state index contributed by atoms with van der Waals surface area (Å²) in [7, 11) is -0.883. The maximum atomic E-state index is 14.9.